The van der Waals surface area contributed by atoms with Crippen LogP contribution in [0.15, 0.2) is 18.2 Å². The summed E-state index contributed by atoms with van der Waals surface area (Å²) < 4.78 is 13.2. The monoisotopic (exact) mass is 239 g/mol. The summed E-state index contributed by atoms with van der Waals surface area (Å²) in [4.78, 5) is 2.19. The van der Waals surface area contributed by atoms with Gasteiger partial charge >= 0.3 is 0 Å². The summed E-state index contributed by atoms with van der Waals surface area (Å²) in [6, 6.07) is 4.64. The summed E-state index contributed by atoms with van der Waals surface area (Å²) in [6.45, 7) is 7.70. The first-order valence-electron chi connectivity index (χ1n) is 6.32. The number of unbranched alkanes of at least 4 members (excludes halogenated alkanes) is 1. The van der Waals surface area contributed by atoms with Gasteiger partial charge in [0.05, 0.1) is 6.10 Å². The molecule has 0 saturated heterocycles. The minimum Gasteiger partial charge on any atom is -0.389 e. The van der Waals surface area contributed by atoms with Crippen molar-refractivity contribution in [2.45, 2.75) is 39.7 Å². The summed E-state index contributed by atoms with van der Waals surface area (Å²) in [5.74, 6) is -0.295. The van der Waals surface area contributed by atoms with Gasteiger partial charge in [-0.05, 0) is 38.5 Å². The third kappa shape index (κ3) is 3.70. The number of hydrogen-bond donors (Lipinski definition) is 1. The summed E-state index contributed by atoms with van der Waals surface area (Å²) in [7, 11) is 0. The van der Waals surface area contributed by atoms with Crippen molar-refractivity contribution in [3.63, 3.8) is 0 Å². The Balaban J connectivity index is 3.00. The van der Waals surface area contributed by atoms with Gasteiger partial charge in [-0.2, -0.15) is 0 Å². The molecule has 3 heteroatoms. The van der Waals surface area contributed by atoms with Crippen LogP contribution in [0.5, 0.6) is 0 Å². The SMILES string of the molecule is CCCCN(CC)c1ccc(F)cc1[C@@H](C)O. The van der Waals surface area contributed by atoms with E-state index in [1.54, 1.807) is 13.0 Å². The predicted molar refractivity (Wildman–Crippen MR) is 69.8 cm³/mol. The molecular formula is C14H22FNO. The third-order valence-electron chi connectivity index (χ3n) is 2.94. The molecule has 1 aromatic carbocycles. The van der Waals surface area contributed by atoms with Gasteiger partial charge in [-0.1, -0.05) is 13.3 Å². The quantitative estimate of drug-likeness (QED) is 0.821. The Kier molecular flexibility index (Phi) is 5.42. The van der Waals surface area contributed by atoms with Crippen molar-refractivity contribution in [3.8, 4) is 0 Å². The molecule has 1 aromatic rings. The van der Waals surface area contributed by atoms with E-state index < -0.39 is 6.10 Å². The molecule has 96 valence electrons. The van der Waals surface area contributed by atoms with Crippen molar-refractivity contribution in [1.29, 1.82) is 0 Å². The molecule has 0 fully saturated rings. The second kappa shape index (κ2) is 6.60. The molecule has 0 saturated carbocycles. The lowest BCUT2D eigenvalue weighted by Crippen LogP contribution is -2.25. The number of aliphatic hydroxyl groups excluding tert-OH is 1. The molecular weight excluding hydrogens is 217 g/mol. The zero-order valence-corrected chi connectivity index (χ0v) is 10.9. The Bertz CT molecular complexity index is 352. The first-order chi connectivity index (χ1) is 8.10. The Morgan fingerprint density at radius 3 is 2.59 bits per heavy atom. The zero-order valence-electron chi connectivity index (χ0n) is 10.9. The third-order valence-corrected chi connectivity index (χ3v) is 2.94. The average molecular weight is 239 g/mol. The number of aliphatic hydroxyl groups is 1. The topological polar surface area (TPSA) is 23.5 Å². The van der Waals surface area contributed by atoms with E-state index >= 15 is 0 Å². The molecule has 0 aliphatic heterocycles. The Morgan fingerprint density at radius 1 is 1.35 bits per heavy atom. The van der Waals surface area contributed by atoms with Crippen LogP contribution in [-0.2, 0) is 0 Å². The lowest BCUT2D eigenvalue weighted by Gasteiger charge is -2.26. The van der Waals surface area contributed by atoms with E-state index in [0.717, 1.165) is 31.6 Å². The fourth-order valence-corrected chi connectivity index (χ4v) is 1.95. The second-order valence-electron chi connectivity index (χ2n) is 4.31. The molecule has 0 unspecified atom stereocenters. The molecule has 1 rings (SSSR count). The highest BCUT2D eigenvalue weighted by molar-refractivity contribution is 5.54. The van der Waals surface area contributed by atoms with Crippen LogP contribution < -0.4 is 4.90 Å². The predicted octanol–water partition coefficient (Wildman–Crippen LogP) is 3.51. The van der Waals surface area contributed by atoms with E-state index in [-0.39, 0.29) is 5.82 Å². The van der Waals surface area contributed by atoms with Crippen molar-refractivity contribution in [1.82, 2.24) is 0 Å². The van der Waals surface area contributed by atoms with Crippen molar-refractivity contribution in [2.24, 2.45) is 0 Å². The minimum atomic E-state index is -0.642. The van der Waals surface area contributed by atoms with Crippen molar-refractivity contribution in [3.05, 3.63) is 29.6 Å². The van der Waals surface area contributed by atoms with E-state index in [9.17, 15) is 9.50 Å². The smallest absolute Gasteiger partial charge is 0.123 e. The van der Waals surface area contributed by atoms with Crippen molar-refractivity contribution in [2.75, 3.05) is 18.0 Å². The van der Waals surface area contributed by atoms with E-state index in [1.807, 2.05) is 0 Å². The Morgan fingerprint density at radius 2 is 2.06 bits per heavy atom. The molecule has 1 N–H and O–H groups in total. The highest BCUT2D eigenvalue weighted by atomic mass is 19.1. The standard InChI is InChI=1S/C14H22FNO/c1-4-6-9-16(5-2)14-8-7-12(15)10-13(14)11(3)17/h7-8,10-11,17H,4-6,9H2,1-3H3/t11-/m1/s1. The maximum Gasteiger partial charge on any atom is 0.123 e. The van der Waals surface area contributed by atoms with Crippen LogP contribution in [0.2, 0.25) is 0 Å². The van der Waals surface area contributed by atoms with Gasteiger partial charge in [0.1, 0.15) is 5.82 Å². The highest BCUT2D eigenvalue weighted by Gasteiger charge is 2.13. The lowest BCUT2D eigenvalue weighted by atomic mass is 10.1. The number of nitrogens with zero attached hydrogens (tertiary/aromatic N) is 1. The average Bonchev–Trinajstić information content (AvgIpc) is 2.31. The van der Waals surface area contributed by atoms with Crippen molar-refractivity contribution < 1.29 is 9.50 Å². The van der Waals surface area contributed by atoms with Crippen LogP contribution in [0.4, 0.5) is 10.1 Å². The fraction of sp³-hybridized carbons (Fsp3) is 0.571. The van der Waals surface area contributed by atoms with Gasteiger partial charge in [-0.25, -0.2) is 4.39 Å². The maximum atomic E-state index is 13.2. The first kappa shape index (κ1) is 14.0. The molecule has 0 spiro atoms. The normalized spacial score (nSPS) is 12.5. The largest absolute Gasteiger partial charge is 0.389 e. The molecule has 0 amide bonds. The number of halogens is 1. The summed E-state index contributed by atoms with van der Waals surface area (Å²) in [5, 5.41) is 9.71. The van der Waals surface area contributed by atoms with Gasteiger partial charge in [-0.3, -0.25) is 0 Å². The highest BCUT2D eigenvalue weighted by Crippen LogP contribution is 2.27. The summed E-state index contributed by atoms with van der Waals surface area (Å²) >= 11 is 0. The molecule has 0 aliphatic carbocycles. The van der Waals surface area contributed by atoms with Crippen LogP contribution in [0.1, 0.15) is 45.3 Å². The number of rotatable bonds is 6. The van der Waals surface area contributed by atoms with Crippen molar-refractivity contribution >= 4 is 5.69 Å². The Labute approximate surface area is 103 Å². The molecule has 0 aliphatic rings. The van der Waals surface area contributed by atoms with Crippen LogP contribution in [0.25, 0.3) is 0 Å². The fourth-order valence-electron chi connectivity index (χ4n) is 1.95. The zero-order chi connectivity index (χ0) is 12.8. The molecule has 2 nitrogen and oxygen atoms in total. The number of anilines is 1. The van der Waals surface area contributed by atoms with E-state index in [0.29, 0.717) is 5.56 Å². The minimum absolute atomic E-state index is 0.295. The molecule has 17 heavy (non-hydrogen) atoms. The van der Waals surface area contributed by atoms with Gasteiger partial charge in [0, 0.05) is 24.3 Å². The Hall–Kier alpha value is -1.09. The molecule has 0 bridgehead atoms. The maximum absolute atomic E-state index is 13.2. The van der Waals surface area contributed by atoms with Crippen LogP contribution >= 0.6 is 0 Å². The van der Waals surface area contributed by atoms with E-state index in [2.05, 4.69) is 18.7 Å². The second-order valence-corrected chi connectivity index (χ2v) is 4.31. The first-order valence-corrected chi connectivity index (χ1v) is 6.32. The van der Waals surface area contributed by atoms with Gasteiger partial charge in [-0.15, -0.1) is 0 Å². The van der Waals surface area contributed by atoms with Gasteiger partial charge < -0.3 is 10.0 Å². The lowest BCUT2D eigenvalue weighted by molar-refractivity contribution is 0.199. The number of benzene rings is 1. The molecule has 0 radical (unpaired) electrons. The number of hydrogen-bond acceptors (Lipinski definition) is 2. The van der Waals surface area contributed by atoms with Gasteiger partial charge in [0.2, 0.25) is 0 Å². The van der Waals surface area contributed by atoms with Crippen LogP contribution in [0.3, 0.4) is 0 Å². The summed E-state index contributed by atoms with van der Waals surface area (Å²) in [6.07, 6.45) is 1.59. The molecule has 0 heterocycles. The van der Waals surface area contributed by atoms with Crippen LogP contribution in [0, 0.1) is 5.82 Å². The van der Waals surface area contributed by atoms with Crippen LogP contribution in [-0.4, -0.2) is 18.2 Å². The molecule has 0 aromatic heterocycles. The van der Waals surface area contributed by atoms with Gasteiger partial charge in [0.15, 0.2) is 0 Å². The van der Waals surface area contributed by atoms with Gasteiger partial charge in [0.25, 0.3) is 0 Å². The van der Waals surface area contributed by atoms with E-state index in [1.165, 1.54) is 12.1 Å². The summed E-state index contributed by atoms with van der Waals surface area (Å²) in [5.41, 5.74) is 1.61. The molecule has 1 atom stereocenters. The van der Waals surface area contributed by atoms with E-state index in [4.69, 9.17) is 0 Å².